The average molecular weight is 289 g/mol. The Bertz CT molecular complexity index is 313. The van der Waals surface area contributed by atoms with E-state index in [1.54, 1.807) is 0 Å². The van der Waals surface area contributed by atoms with Gasteiger partial charge in [0.1, 0.15) is 6.29 Å². The van der Waals surface area contributed by atoms with E-state index < -0.39 is 22.5 Å². The molecule has 0 saturated carbocycles. The smallest absolute Gasteiger partial charge is 0.175 e. The van der Waals surface area contributed by atoms with Gasteiger partial charge in [-0.05, 0) is 32.5 Å². The van der Waals surface area contributed by atoms with Crippen molar-refractivity contribution in [2.24, 2.45) is 0 Å². The van der Waals surface area contributed by atoms with Crippen LogP contribution in [-0.2, 0) is 9.22 Å². The molecule has 5 heteroatoms. The minimum atomic E-state index is -1.69. The summed E-state index contributed by atoms with van der Waals surface area (Å²) >= 11 is 0. The first-order chi connectivity index (χ1) is 7.47. The second kappa shape index (κ2) is 4.43. The molecule has 1 atom stereocenters. The van der Waals surface area contributed by atoms with Crippen LogP contribution in [0.25, 0.3) is 0 Å². The maximum absolute atomic E-state index is 10.7. The van der Waals surface area contributed by atoms with Crippen molar-refractivity contribution in [3.63, 3.8) is 0 Å². The van der Waals surface area contributed by atoms with Crippen molar-refractivity contribution in [3.05, 3.63) is 0 Å². The van der Waals surface area contributed by atoms with E-state index in [0.717, 1.165) is 12.3 Å². The highest BCUT2D eigenvalue weighted by atomic mass is 29.6. The summed E-state index contributed by atoms with van der Waals surface area (Å²) in [6, 6.07) is 2.32. The van der Waals surface area contributed by atoms with Gasteiger partial charge in [-0.3, -0.25) is 0 Å². The van der Waals surface area contributed by atoms with E-state index in [1.165, 1.54) is 6.04 Å². The first-order valence-electron chi connectivity index (χ1n) is 6.61. The van der Waals surface area contributed by atoms with Crippen LogP contribution in [0, 0.1) is 0 Å². The predicted octanol–water partition coefficient (Wildman–Crippen LogP) is 3.53. The van der Waals surface area contributed by atoms with Crippen molar-refractivity contribution in [2.45, 2.75) is 70.7 Å². The molecule has 1 unspecified atom stereocenters. The highest BCUT2D eigenvalue weighted by Gasteiger charge is 2.62. The maximum atomic E-state index is 10.7. The van der Waals surface area contributed by atoms with Gasteiger partial charge in [-0.2, -0.15) is 0 Å². The molecule has 0 aromatic rings. The van der Waals surface area contributed by atoms with Crippen LogP contribution in [0.3, 0.4) is 0 Å². The Morgan fingerprint density at radius 1 is 1.18 bits per heavy atom. The van der Waals surface area contributed by atoms with Gasteiger partial charge in [-0.1, -0.05) is 26.2 Å². The first kappa shape index (κ1) is 15.3. The summed E-state index contributed by atoms with van der Waals surface area (Å²) in [5.74, 6) is 0. The van der Waals surface area contributed by atoms with Crippen molar-refractivity contribution in [1.29, 1.82) is 0 Å². The summed E-state index contributed by atoms with van der Waals surface area (Å²) in [6.07, 6.45) is 1.77. The van der Waals surface area contributed by atoms with Gasteiger partial charge >= 0.3 is 0 Å². The molecule has 0 N–H and O–H groups in total. The van der Waals surface area contributed by atoms with Gasteiger partial charge in [0.2, 0.25) is 0 Å². The Morgan fingerprint density at radius 3 is 2.18 bits per heavy atom. The lowest BCUT2D eigenvalue weighted by Crippen LogP contribution is -2.78. The van der Waals surface area contributed by atoms with Crippen molar-refractivity contribution >= 4 is 28.8 Å². The van der Waals surface area contributed by atoms with Crippen LogP contribution in [-0.4, -0.2) is 34.4 Å². The molecule has 1 aliphatic heterocycles. The summed E-state index contributed by atoms with van der Waals surface area (Å²) in [5, 5.41) is 0. The number of carbonyl (C=O) groups is 1. The second-order valence-electron chi connectivity index (χ2n) is 7.48. The van der Waals surface area contributed by atoms with Gasteiger partial charge in [-0.25, -0.2) is 0 Å². The van der Waals surface area contributed by atoms with Crippen LogP contribution in [0.15, 0.2) is 0 Å². The molecule has 1 saturated heterocycles. The molecule has 0 radical (unpaired) electrons. The number of hydrogen-bond acceptors (Lipinski definition) is 2. The summed E-state index contributed by atoms with van der Waals surface area (Å²) < 4.78 is 6.59. The van der Waals surface area contributed by atoms with Crippen LogP contribution in [0.1, 0.15) is 20.3 Å². The van der Waals surface area contributed by atoms with Crippen LogP contribution < -0.4 is 0 Å². The van der Waals surface area contributed by atoms with Crippen molar-refractivity contribution in [2.75, 3.05) is 0 Å². The second-order valence-corrected chi connectivity index (χ2v) is 34.3. The SMILES string of the molecule is CC1(C)C[Si](C)(C)[Si](C)(C)[Si](C)(CCC=O)O1. The summed E-state index contributed by atoms with van der Waals surface area (Å²) in [7, 11) is -4.17. The van der Waals surface area contributed by atoms with Crippen molar-refractivity contribution < 1.29 is 9.22 Å². The molecule has 0 spiro atoms. The third-order valence-corrected chi connectivity index (χ3v) is 45.7. The molecule has 2 nitrogen and oxygen atoms in total. The molecule has 0 aliphatic carbocycles. The van der Waals surface area contributed by atoms with Gasteiger partial charge in [0.05, 0.1) is 7.11 Å². The molecule has 1 aliphatic rings. The third kappa shape index (κ3) is 2.67. The van der Waals surface area contributed by atoms with E-state index in [2.05, 4.69) is 46.6 Å². The molecule has 1 rings (SSSR count). The Kier molecular flexibility index (Phi) is 4.00. The van der Waals surface area contributed by atoms with E-state index in [1.807, 2.05) is 0 Å². The molecule has 1 fully saturated rings. The monoisotopic (exact) mass is 288 g/mol. The van der Waals surface area contributed by atoms with Crippen LogP contribution in [0.5, 0.6) is 0 Å². The highest BCUT2D eigenvalue weighted by Crippen LogP contribution is 2.45. The fourth-order valence-electron chi connectivity index (χ4n) is 3.47. The molecule has 0 aromatic heterocycles. The Balaban J connectivity index is 3.12. The number of carbonyl (C=O) groups excluding carboxylic acids is 1. The zero-order chi connectivity index (χ0) is 13.5. The van der Waals surface area contributed by atoms with Crippen LogP contribution in [0.4, 0.5) is 0 Å². The van der Waals surface area contributed by atoms with Crippen molar-refractivity contribution in [3.8, 4) is 0 Å². The fourth-order valence-corrected chi connectivity index (χ4v) is 36.7. The third-order valence-electron chi connectivity index (χ3n) is 5.12. The van der Waals surface area contributed by atoms with Crippen molar-refractivity contribution in [1.82, 2.24) is 0 Å². The predicted molar refractivity (Wildman–Crippen MR) is 82.0 cm³/mol. The number of rotatable bonds is 3. The van der Waals surface area contributed by atoms with E-state index >= 15 is 0 Å². The normalized spacial score (nSPS) is 34.3. The molecule has 17 heavy (non-hydrogen) atoms. The van der Waals surface area contributed by atoms with E-state index in [4.69, 9.17) is 4.43 Å². The van der Waals surface area contributed by atoms with Crippen LogP contribution >= 0.6 is 0 Å². The van der Waals surface area contributed by atoms with Gasteiger partial charge in [-0.15, -0.1) is 0 Å². The van der Waals surface area contributed by atoms with Gasteiger partial charge < -0.3 is 9.22 Å². The lowest BCUT2D eigenvalue weighted by atomic mass is 10.2. The molecule has 0 aromatic carbocycles. The minimum absolute atomic E-state index is 0.0437. The molecule has 0 bridgehead atoms. The molecular formula is C12H28O2Si3. The molecule has 0 amide bonds. The largest absolute Gasteiger partial charge is 0.415 e. The summed E-state index contributed by atoms with van der Waals surface area (Å²) in [6.45, 7) is 17.1. The average Bonchev–Trinajstić information content (AvgIpc) is 2.09. The highest BCUT2D eigenvalue weighted by molar-refractivity contribution is 7.67. The Hall–Kier alpha value is 0.281. The van der Waals surface area contributed by atoms with Crippen LogP contribution in [0.2, 0.25) is 44.8 Å². The lowest BCUT2D eigenvalue weighted by Gasteiger charge is -2.59. The fraction of sp³-hybridized carbons (Fsp3) is 0.917. The first-order valence-corrected chi connectivity index (χ1v) is 17.4. The van der Waals surface area contributed by atoms with E-state index in [9.17, 15) is 4.79 Å². The van der Waals surface area contributed by atoms with E-state index in [-0.39, 0.29) is 5.60 Å². The number of hydrogen-bond donors (Lipinski definition) is 0. The topological polar surface area (TPSA) is 26.3 Å². The van der Waals surface area contributed by atoms with E-state index in [0.29, 0.717) is 6.42 Å². The zero-order valence-corrected chi connectivity index (χ0v) is 15.5. The van der Waals surface area contributed by atoms with Gasteiger partial charge in [0, 0.05) is 19.6 Å². The quantitative estimate of drug-likeness (QED) is 0.586. The minimum Gasteiger partial charge on any atom is -0.415 e. The standard InChI is InChI=1S/C12H28O2Si3/c1-12(2)11-15(3,4)16(5,6)17(7,14-12)10-8-9-13/h9H,8,10-11H2,1-7H3. The Labute approximate surface area is 109 Å². The summed E-state index contributed by atoms with van der Waals surface area (Å²) in [4.78, 5) is 10.7. The lowest BCUT2D eigenvalue weighted by molar-refractivity contribution is -0.107. The van der Waals surface area contributed by atoms with Gasteiger partial charge in [0.25, 0.3) is 0 Å². The number of aldehydes is 1. The Morgan fingerprint density at radius 2 is 1.71 bits per heavy atom. The summed E-state index contributed by atoms with van der Waals surface area (Å²) in [5.41, 5.74) is 0.0437. The zero-order valence-electron chi connectivity index (χ0n) is 12.5. The van der Waals surface area contributed by atoms with Gasteiger partial charge in [0.15, 0.2) is 7.83 Å². The molecule has 1 heterocycles. The molecule has 100 valence electrons. The maximum Gasteiger partial charge on any atom is 0.175 e. The molecular weight excluding hydrogens is 260 g/mol.